The molecule has 0 aliphatic carbocycles. The Morgan fingerprint density at radius 3 is 2.65 bits per heavy atom. The summed E-state index contributed by atoms with van der Waals surface area (Å²) in [4.78, 5) is 5.58. The first kappa shape index (κ1) is 21.1. The Morgan fingerprint density at radius 1 is 1.16 bits per heavy atom. The van der Waals surface area contributed by atoms with Gasteiger partial charge in [-0.3, -0.25) is 4.72 Å². The van der Waals surface area contributed by atoms with Crippen LogP contribution in [0.3, 0.4) is 0 Å². The number of rotatable bonds is 5. The lowest BCUT2D eigenvalue weighted by Crippen LogP contribution is -2.13. The number of nitriles is 1. The van der Waals surface area contributed by atoms with E-state index in [0.717, 1.165) is 5.56 Å². The van der Waals surface area contributed by atoms with Crippen LogP contribution in [0.2, 0.25) is 5.02 Å². The lowest BCUT2D eigenvalue weighted by Gasteiger charge is -2.12. The molecule has 0 unspecified atom stereocenters. The number of hydrogen-bond acceptors (Lipinski definition) is 6. The van der Waals surface area contributed by atoms with Crippen LogP contribution in [-0.4, -0.2) is 20.5 Å². The van der Waals surface area contributed by atoms with Crippen LogP contribution in [0.5, 0.6) is 5.75 Å². The fourth-order valence-corrected chi connectivity index (χ4v) is 5.70. The number of aromatic nitrogens is 1. The molecule has 0 radical (unpaired) electrons. The van der Waals surface area contributed by atoms with Crippen LogP contribution in [-0.2, 0) is 10.0 Å². The molecule has 2 heterocycles. The van der Waals surface area contributed by atoms with E-state index in [1.807, 2.05) is 12.1 Å². The van der Waals surface area contributed by atoms with Crippen molar-refractivity contribution in [2.45, 2.75) is 11.8 Å². The Hall–Kier alpha value is -3.12. The summed E-state index contributed by atoms with van der Waals surface area (Å²) in [6.45, 7) is 1.77. The third-order valence-corrected chi connectivity index (χ3v) is 7.19. The third kappa shape index (κ3) is 4.08. The van der Waals surface area contributed by atoms with Crippen molar-refractivity contribution in [3.8, 4) is 22.9 Å². The number of anilines is 1. The number of thiophene rings is 1. The zero-order valence-corrected chi connectivity index (χ0v) is 18.9. The fraction of sp³-hybridized carbons (Fsp3) is 0.0909. The number of pyridine rings is 1. The molecule has 0 spiro atoms. The van der Waals surface area contributed by atoms with Gasteiger partial charge in [0, 0.05) is 21.7 Å². The van der Waals surface area contributed by atoms with Gasteiger partial charge in [0.15, 0.2) is 0 Å². The van der Waals surface area contributed by atoms with E-state index in [-0.39, 0.29) is 4.90 Å². The van der Waals surface area contributed by atoms with Gasteiger partial charge in [-0.15, -0.1) is 11.3 Å². The summed E-state index contributed by atoms with van der Waals surface area (Å²) in [6.07, 6.45) is 0. The first-order valence-corrected chi connectivity index (χ1v) is 11.8. The third-order valence-electron chi connectivity index (χ3n) is 4.60. The summed E-state index contributed by atoms with van der Waals surface area (Å²) in [5.74, 6) is 0.627. The highest BCUT2D eigenvalue weighted by atomic mass is 35.5. The van der Waals surface area contributed by atoms with Gasteiger partial charge >= 0.3 is 0 Å². The Morgan fingerprint density at radius 2 is 1.94 bits per heavy atom. The monoisotopic (exact) mass is 469 g/mol. The van der Waals surface area contributed by atoms with E-state index in [1.165, 1.54) is 23.5 Å². The lowest BCUT2D eigenvalue weighted by molar-refractivity contribution is 0.415. The van der Waals surface area contributed by atoms with Crippen molar-refractivity contribution in [1.82, 2.24) is 4.98 Å². The SMILES string of the molecule is COc1cccc(-c2c(C#N)sc3nc(C)cc(NS(=O)(=O)c4cccc(Cl)c4)c23)c1. The van der Waals surface area contributed by atoms with Gasteiger partial charge in [-0.1, -0.05) is 29.8 Å². The molecule has 2 aromatic heterocycles. The second-order valence-corrected chi connectivity index (χ2v) is 9.82. The van der Waals surface area contributed by atoms with Gasteiger partial charge in [0.25, 0.3) is 10.0 Å². The highest BCUT2D eigenvalue weighted by molar-refractivity contribution is 7.92. The van der Waals surface area contributed by atoms with E-state index in [0.29, 0.717) is 42.8 Å². The Labute approximate surface area is 188 Å². The molecule has 0 bridgehead atoms. The number of sulfonamides is 1. The van der Waals surface area contributed by atoms with E-state index in [4.69, 9.17) is 16.3 Å². The van der Waals surface area contributed by atoms with E-state index in [9.17, 15) is 13.7 Å². The average Bonchev–Trinajstić information content (AvgIpc) is 3.12. The molecule has 156 valence electrons. The van der Waals surface area contributed by atoms with E-state index >= 15 is 0 Å². The molecular formula is C22H16ClN3O3S2. The zero-order valence-electron chi connectivity index (χ0n) is 16.5. The minimum Gasteiger partial charge on any atom is -0.497 e. The van der Waals surface area contributed by atoms with Crippen LogP contribution < -0.4 is 9.46 Å². The first-order valence-electron chi connectivity index (χ1n) is 9.09. The van der Waals surface area contributed by atoms with Crippen molar-refractivity contribution < 1.29 is 13.2 Å². The summed E-state index contributed by atoms with van der Waals surface area (Å²) in [5, 5.41) is 10.6. The summed E-state index contributed by atoms with van der Waals surface area (Å²) >= 11 is 7.20. The molecular weight excluding hydrogens is 454 g/mol. The Kier molecular flexibility index (Phi) is 5.58. The molecule has 9 heteroatoms. The molecule has 0 saturated carbocycles. The molecule has 4 aromatic rings. The largest absolute Gasteiger partial charge is 0.497 e. The number of hydrogen-bond donors (Lipinski definition) is 1. The normalized spacial score (nSPS) is 11.3. The van der Waals surface area contributed by atoms with Gasteiger partial charge in [-0.2, -0.15) is 5.26 Å². The minimum absolute atomic E-state index is 0.0429. The van der Waals surface area contributed by atoms with Crippen LogP contribution in [0.4, 0.5) is 5.69 Å². The summed E-state index contributed by atoms with van der Waals surface area (Å²) in [7, 11) is -2.36. The van der Waals surface area contributed by atoms with Crippen molar-refractivity contribution in [1.29, 1.82) is 5.26 Å². The van der Waals surface area contributed by atoms with Crippen molar-refractivity contribution in [2.75, 3.05) is 11.8 Å². The predicted octanol–water partition coefficient (Wildman–Crippen LogP) is 5.61. The predicted molar refractivity (Wildman–Crippen MR) is 123 cm³/mol. The van der Waals surface area contributed by atoms with Crippen LogP contribution in [0, 0.1) is 18.3 Å². The summed E-state index contributed by atoms with van der Waals surface area (Å²) in [5.41, 5.74) is 2.31. The summed E-state index contributed by atoms with van der Waals surface area (Å²) < 4.78 is 34.1. The van der Waals surface area contributed by atoms with Gasteiger partial charge in [-0.25, -0.2) is 13.4 Å². The van der Waals surface area contributed by atoms with Crippen LogP contribution in [0.25, 0.3) is 21.3 Å². The molecule has 31 heavy (non-hydrogen) atoms. The second-order valence-electron chi connectivity index (χ2n) is 6.70. The number of aryl methyl sites for hydroxylation is 1. The summed E-state index contributed by atoms with van der Waals surface area (Å²) in [6, 6.07) is 17.2. The number of nitrogens with zero attached hydrogens (tertiary/aromatic N) is 2. The van der Waals surface area contributed by atoms with Gasteiger partial charge in [0.1, 0.15) is 21.5 Å². The molecule has 0 atom stereocenters. The number of ether oxygens (including phenoxy) is 1. The van der Waals surface area contributed by atoms with Gasteiger partial charge in [0.05, 0.1) is 17.7 Å². The zero-order chi connectivity index (χ0) is 22.2. The smallest absolute Gasteiger partial charge is 0.261 e. The fourth-order valence-electron chi connectivity index (χ4n) is 3.27. The van der Waals surface area contributed by atoms with Crippen molar-refractivity contribution in [2.24, 2.45) is 0 Å². The molecule has 4 rings (SSSR count). The molecule has 0 fully saturated rings. The van der Waals surface area contributed by atoms with Crippen molar-refractivity contribution in [3.63, 3.8) is 0 Å². The average molecular weight is 470 g/mol. The highest BCUT2D eigenvalue weighted by Crippen LogP contribution is 2.43. The Balaban J connectivity index is 1.96. The quantitative estimate of drug-likeness (QED) is 0.410. The molecule has 2 aromatic carbocycles. The van der Waals surface area contributed by atoms with Gasteiger partial charge in [-0.05, 0) is 48.9 Å². The maximum atomic E-state index is 13.1. The topological polar surface area (TPSA) is 92.1 Å². The molecule has 0 aliphatic rings. The molecule has 0 amide bonds. The van der Waals surface area contributed by atoms with Gasteiger partial charge in [0.2, 0.25) is 0 Å². The number of fused-ring (bicyclic) bond motifs is 1. The molecule has 0 saturated heterocycles. The van der Waals surface area contributed by atoms with E-state index in [1.54, 1.807) is 44.4 Å². The maximum Gasteiger partial charge on any atom is 0.261 e. The maximum absolute atomic E-state index is 13.1. The standard InChI is InChI=1S/C22H16ClN3O3S2/c1-13-9-18(26-31(27,28)17-8-4-6-15(23)11-17)21-20(19(12-24)30-22(21)25-13)14-5-3-7-16(10-14)29-2/h3-11H,1-2H3,(H,25,26). The van der Waals surface area contributed by atoms with Gasteiger partial charge < -0.3 is 4.74 Å². The van der Waals surface area contributed by atoms with Crippen molar-refractivity contribution in [3.05, 3.63) is 70.2 Å². The Bertz CT molecular complexity index is 1460. The highest BCUT2D eigenvalue weighted by Gasteiger charge is 2.23. The first-order chi connectivity index (χ1) is 14.8. The minimum atomic E-state index is -3.92. The number of methoxy groups -OCH3 is 1. The molecule has 6 nitrogen and oxygen atoms in total. The van der Waals surface area contributed by atoms with Crippen LogP contribution >= 0.6 is 22.9 Å². The van der Waals surface area contributed by atoms with E-state index < -0.39 is 10.0 Å². The van der Waals surface area contributed by atoms with Crippen LogP contribution in [0.15, 0.2) is 59.5 Å². The van der Waals surface area contributed by atoms with Crippen LogP contribution in [0.1, 0.15) is 10.6 Å². The van der Waals surface area contributed by atoms with Crippen molar-refractivity contribution >= 4 is 48.9 Å². The number of benzene rings is 2. The second kappa shape index (κ2) is 8.19. The number of nitrogens with one attached hydrogen (secondary N) is 1. The number of halogens is 1. The lowest BCUT2D eigenvalue weighted by atomic mass is 10.0. The molecule has 0 aliphatic heterocycles. The van der Waals surface area contributed by atoms with E-state index in [2.05, 4.69) is 15.8 Å². The molecule has 1 N–H and O–H groups in total.